The van der Waals surface area contributed by atoms with E-state index in [0.29, 0.717) is 23.7 Å². The Morgan fingerprint density at radius 3 is 2.50 bits per heavy atom. The molecule has 0 saturated heterocycles. The fourth-order valence-electron chi connectivity index (χ4n) is 1.26. The number of carbonyl (C=O) groups excluding carboxylic acids is 2. The monoisotopic (exact) mass is 191 g/mol. The average molecular weight is 191 g/mol. The summed E-state index contributed by atoms with van der Waals surface area (Å²) < 4.78 is 0. The second-order valence-corrected chi connectivity index (χ2v) is 3.05. The smallest absolute Gasteiger partial charge is 0.150 e. The number of rotatable bonds is 5. The third-order valence-corrected chi connectivity index (χ3v) is 2.07. The zero-order valence-corrected chi connectivity index (χ0v) is 8.12. The van der Waals surface area contributed by atoms with Crippen molar-refractivity contribution in [2.24, 2.45) is 0 Å². The van der Waals surface area contributed by atoms with E-state index in [-0.39, 0.29) is 0 Å². The summed E-state index contributed by atoms with van der Waals surface area (Å²) in [6, 6.07) is 5.31. The van der Waals surface area contributed by atoms with Crippen molar-refractivity contribution < 1.29 is 9.59 Å². The number of benzene rings is 1. The molecule has 0 atom stereocenters. The number of nitrogens with one attached hydrogen (secondary N) is 1. The van der Waals surface area contributed by atoms with Crippen LogP contribution < -0.4 is 5.32 Å². The van der Waals surface area contributed by atoms with Crippen molar-refractivity contribution in [1.82, 2.24) is 5.32 Å². The van der Waals surface area contributed by atoms with Gasteiger partial charge >= 0.3 is 0 Å². The van der Waals surface area contributed by atoms with Crippen molar-refractivity contribution in [3.05, 3.63) is 34.9 Å². The van der Waals surface area contributed by atoms with Crippen molar-refractivity contribution in [2.45, 2.75) is 6.42 Å². The van der Waals surface area contributed by atoms with Crippen LogP contribution >= 0.6 is 0 Å². The van der Waals surface area contributed by atoms with Crippen LogP contribution in [0, 0.1) is 0 Å². The lowest BCUT2D eigenvalue weighted by atomic mass is 10.0. The molecule has 0 fully saturated rings. The van der Waals surface area contributed by atoms with Crippen LogP contribution in [0.25, 0.3) is 0 Å². The molecule has 1 aromatic rings. The molecule has 0 radical (unpaired) electrons. The normalized spacial score (nSPS) is 9.79. The molecule has 3 nitrogen and oxygen atoms in total. The molecule has 0 spiro atoms. The van der Waals surface area contributed by atoms with Gasteiger partial charge in [0.15, 0.2) is 12.6 Å². The molecular formula is C11H13NO2. The van der Waals surface area contributed by atoms with Crippen LogP contribution in [0.3, 0.4) is 0 Å². The first-order valence-electron chi connectivity index (χ1n) is 4.49. The van der Waals surface area contributed by atoms with Gasteiger partial charge in [-0.25, -0.2) is 0 Å². The minimum Gasteiger partial charge on any atom is -0.319 e. The lowest BCUT2D eigenvalue weighted by Crippen LogP contribution is -2.10. The van der Waals surface area contributed by atoms with Gasteiger partial charge in [-0.3, -0.25) is 9.59 Å². The summed E-state index contributed by atoms with van der Waals surface area (Å²) >= 11 is 0. The maximum atomic E-state index is 10.6. The largest absolute Gasteiger partial charge is 0.319 e. The molecule has 0 saturated carbocycles. The number of likely N-dealkylation sites (N-methyl/N-ethyl adjacent to an activating group) is 1. The summed E-state index contributed by atoms with van der Waals surface area (Å²) in [5, 5.41) is 3.02. The minimum atomic E-state index is 0.452. The number of hydrogen-bond donors (Lipinski definition) is 1. The van der Waals surface area contributed by atoms with Gasteiger partial charge in [0.1, 0.15) is 0 Å². The lowest BCUT2D eigenvalue weighted by molar-refractivity contribution is 0.109. The Morgan fingerprint density at radius 2 is 1.93 bits per heavy atom. The Morgan fingerprint density at radius 1 is 1.21 bits per heavy atom. The van der Waals surface area contributed by atoms with Gasteiger partial charge < -0.3 is 5.32 Å². The van der Waals surface area contributed by atoms with Crippen LogP contribution in [0.1, 0.15) is 26.3 Å². The Hall–Kier alpha value is -1.48. The van der Waals surface area contributed by atoms with Crippen LogP contribution in [0.5, 0.6) is 0 Å². The summed E-state index contributed by atoms with van der Waals surface area (Å²) in [4.78, 5) is 21.2. The van der Waals surface area contributed by atoms with Crippen molar-refractivity contribution in [2.75, 3.05) is 13.6 Å². The lowest BCUT2D eigenvalue weighted by Gasteiger charge is -2.03. The fraction of sp³-hybridized carbons (Fsp3) is 0.273. The van der Waals surface area contributed by atoms with Gasteiger partial charge in [-0.15, -0.1) is 0 Å². The third-order valence-electron chi connectivity index (χ3n) is 2.07. The highest BCUT2D eigenvalue weighted by atomic mass is 16.1. The molecule has 0 unspecified atom stereocenters. The molecule has 3 heteroatoms. The summed E-state index contributed by atoms with van der Waals surface area (Å²) in [5.41, 5.74) is 1.98. The number of aldehydes is 2. The maximum absolute atomic E-state index is 10.6. The summed E-state index contributed by atoms with van der Waals surface area (Å²) in [5.74, 6) is 0. The van der Waals surface area contributed by atoms with Gasteiger partial charge in [-0.05, 0) is 31.6 Å². The average Bonchev–Trinajstić information content (AvgIpc) is 2.25. The van der Waals surface area contributed by atoms with Gasteiger partial charge in [-0.1, -0.05) is 12.1 Å². The molecule has 0 aliphatic rings. The van der Waals surface area contributed by atoms with Gasteiger partial charge in [-0.2, -0.15) is 0 Å². The zero-order valence-electron chi connectivity index (χ0n) is 8.12. The molecule has 14 heavy (non-hydrogen) atoms. The second kappa shape index (κ2) is 5.29. The van der Waals surface area contributed by atoms with E-state index in [0.717, 1.165) is 18.5 Å². The van der Waals surface area contributed by atoms with E-state index in [4.69, 9.17) is 0 Å². The highest BCUT2D eigenvalue weighted by Gasteiger charge is 2.01. The fourth-order valence-corrected chi connectivity index (χ4v) is 1.26. The third kappa shape index (κ3) is 2.50. The first-order chi connectivity index (χ1) is 6.81. The molecule has 0 aliphatic heterocycles. The Bertz CT molecular complexity index is 334. The Labute approximate surface area is 83.1 Å². The summed E-state index contributed by atoms with van der Waals surface area (Å²) in [7, 11) is 1.88. The second-order valence-electron chi connectivity index (χ2n) is 3.05. The van der Waals surface area contributed by atoms with E-state index in [2.05, 4.69) is 5.32 Å². The standard InChI is InChI=1S/C11H13NO2/c1-12-5-4-9-2-3-10(7-13)11(6-9)8-14/h2-3,6-8,12H,4-5H2,1H3. The van der Waals surface area contributed by atoms with Crippen LogP contribution in [0.15, 0.2) is 18.2 Å². The van der Waals surface area contributed by atoms with E-state index < -0.39 is 0 Å². The number of hydrogen-bond acceptors (Lipinski definition) is 3. The first-order valence-corrected chi connectivity index (χ1v) is 4.49. The van der Waals surface area contributed by atoms with Gasteiger partial charge in [0.05, 0.1) is 0 Å². The zero-order chi connectivity index (χ0) is 10.4. The van der Waals surface area contributed by atoms with Crippen molar-refractivity contribution in [3.63, 3.8) is 0 Å². The quantitative estimate of drug-likeness (QED) is 0.708. The Balaban J connectivity index is 2.89. The predicted molar refractivity (Wildman–Crippen MR) is 54.8 cm³/mol. The molecule has 1 aromatic carbocycles. The van der Waals surface area contributed by atoms with Crippen LogP contribution in [-0.4, -0.2) is 26.2 Å². The van der Waals surface area contributed by atoms with E-state index >= 15 is 0 Å². The van der Waals surface area contributed by atoms with Gasteiger partial charge in [0.2, 0.25) is 0 Å². The SMILES string of the molecule is CNCCc1ccc(C=O)c(C=O)c1. The molecule has 1 rings (SSSR count). The van der Waals surface area contributed by atoms with E-state index in [9.17, 15) is 9.59 Å². The van der Waals surface area contributed by atoms with Crippen LogP contribution in [0.2, 0.25) is 0 Å². The molecular weight excluding hydrogens is 178 g/mol. The molecule has 0 aromatic heterocycles. The van der Waals surface area contributed by atoms with Gasteiger partial charge in [0, 0.05) is 11.1 Å². The van der Waals surface area contributed by atoms with E-state index in [1.54, 1.807) is 12.1 Å². The molecule has 0 bridgehead atoms. The highest BCUT2D eigenvalue weighted by Crippen LogP contribution is 2.08. The van der Waals surface area contributed by atoms with E-state index in [1.165, 1.54) is 0 Å². The van der Waals surface area contributed by atoms with Crippen molar-refractivity contribution in [1.29, 1.82) is 0 Å². The Kier molecular flexibility index (Phi) is 4.01. The maximum Gasteiger partial charge on any atom is 0.150 e. The molecule has 1 N–H and O–H groups in total. The van der Waals surface area contributed by atoms with E-state index in [1.807, 2.05) is 13.1 Å². The first kappa shape index (κ1) is 10.6. The molecule has 0 aliphatic carbocycles. The van der Waals surface area contributed by atoms with Crippen LogP contribution in [0.4, 0.5) is 0 Å². The minimum absolute atomic E-state index is 0.452. The molecule has 74 valence electrons. The van der Waals surface area contributed by atoms with Crippen molar-refractivity contribution in [3.8, 4) is 0 Å². The van der Waals surface area contributed by atoms with Crippen LogP contribution in [-0.2, 0) is 6.42 Å². The molecule has 0 amide bonds. The molecule has 0 heterocycles. The highest BCUT2D eigenvalue weighted by molar-refractivity contribution is 5.90. The summed E-state index contributed by atoms with van der Waals surface area (Å²) in [6.07, 6.45) is 2.27. The number of carbonyl (C=O) groups is 2. The summed E-state index contributed by atoms with van der Waals surface area (Å²) in [6.45, 7) is 0.860. The predicted octanol–water partition coefficient (Wildman–Crippen LogP) is 1.07. The topological polar surface area (TPSA) is 46.2 Å². The van der Waals surface area contributed by atoms with Gasteiger partial charge in [0.25, 0.3) is 0 Å². The van der Waals surface area contributed by atoms with Crippen molar-refractivity contribution >= 4 is 12.6 Å².